The van der Waals surface area contributed by atoms with Crippen LogP contribution in [-0.4, -0.2) is 12.6 Å². The van der Waals surface area contributed by atoms with Crippen LogP contribution in [0.15, 0.2) is 24.3 Å². The van der Waals surface area contributed by atoms with Gasteiger partial charge in [0.1, 0.15) is 5.75 Å². The Hall–Kier alpha value is -1.02. The summed E-state index contributed by atoms with van der Waals surface area (Å²) in [7, 11) is 0. The molecule has 18 heavy (non-hydrogen) atoms. The topological polar surface area (TPSA) is 35.2 Å². The van der Waals surface area contributed by atoms with Gasteiger partial charge in [-0.1, -0.05) is 31.4 Å². The van der Waals surface area contributed by atoms with Crippen LogP contribution < -0.4 is 10.5 Å². The first-order valence-electron chi connectivity index (χ1n) is 7.13. The van der Waals surface area contributed by atoms with Crippen molar-refractivity contribution < 1.29 is 4.74 Å². The fourth-order valence-corrected chi connectivity index (χ4v) is 3.01. The molecule has 1 aliphatic rings. The van der Waals surface area contributed by atoms with Crippen molar-refractivity contribution in [3.8, 4) is 5.75 Å². The van der Waals surface area contributed by atoms with E-state index in [1.165, 1.54) is 37.7 Å². The zero-order chi connectivity index (χ0) is 13.0. The van der Waals surface area contributed by atoms with E-state index in [4.69, 9.17) is 10.5 Å². The highest BCUT2D eigenvalue weighted by molar-refractivity contribution is 5.34. The Morgan fingerprint density at radius 3 is 2.56 bits per heavy atom. The first-order valence-corrected chi connectivity index (χ1v) is 7.13. The summed E-state index contributed by atoms with van der Waals surface area (Å²) in [6.07, 6.45) is 6.60. The molecule has 0 aromatic heterocycles. The molecule has 2 heteroatoms. The van der Waals surface area contributed by atoms with Crippen LogP contribution in [0.3, 0.4) is 0 Å². The van der Waals surface area contributed by atoms with E-state index in [-0.39, 0.29) is 11.5 Å². The third-order valence-corrected chi connectivity index (χ3v) is 4.02. The van der Waals surface area contributed by atoms with Gasteiger partial charge in [0.25, 0.3) is 0 Å². The molecule has 0 bridgehead atoms. The number of ether oxygens (including phenoxy) is 1. The molecule has 0 unspecified atom stereocenters. The SMILES string of the molecule is CC(C)Oc1cccc(C2(CN)CCCCC2)c1. The van der Waals surface area contributed by atoms with Gasteiger partial charge in [-0.05, 0) is 44.4 Å². The Morgan fingerprint density at radius 2 is 1.94 bits per heavy atom. The molecule has 1 aliphatic carbocycles. The van der Waals surface area contributed by atoms with E-state index in [0.29, 0.717) is 0 Å². The largest absolute Gasteiger partial charge is 0.491 e. The second-order valence-corrected chi connectivity index (χ2v) is 5.74. The number of hydrogen-bond donors (Lipinski definition) is 1. The first kappa shape index (κ1) is 13.4. The van der Waals surface area contributed by atoms with E-state index < -0.39 is 0 Å². The number of hydrogen-bond acceptors (Lipinski definition) is 2. The molecule has 0 heterocycles. The smallest absolute Gasteiger partial charge is 0.119 e. The van der Waals surface area contributed by atoms with Gasteiger partial charge in [-0.2, -0.15) is 0 Å². The Bertz CT molecular complexity index is 380. The van der Waals surface area contributed by atoms with Gasteiger partial charge in [0.15, 0.2) is 0 Å². The molecule has 0 saturated heterocycles. The molecule has 2 rings (SSSR count). The molecule has 0 amide bonds. The molecule has 0 atom stereocenters. The fourth-order valence-electron chi connectivity index (χ4n) is 3.01. The number of rotatable bonds is 4. The average Bonchev–Trinajstić information content (AvgIpc) is 2.39. The molecule has 0 aliphatic heterocycles. The second-order valence-electron chi connectivity index (χ2n) is 5.74. The number of benzene rings is 1. The van der Waals surface area contributed by atoms with Crippen LogP contribution in [0, 0.1) is 0 Å². The highest BCUT2D eigenvalue weighted by atomic mass is 16.5. The maximum atomic E-state index is 6.08. The molecule has 0 radical (unpaired) electrons. The summed E-state index contributed by atoms with van der Waals surface area (Å²) < 4.78 is 5.79. The maximum absolute atomic E-state index is 6.08. The molecule has 0 spiro atoms. The maximum Gasteiger partial charge on any atom is 0.119 e. The van der Waals surface area contributed by atoms with Crippen molar-refractivity contribution in [2.45, 2.75) is 57.5 Å². The minimum atomic E-state index is 0.189. The highest BCUT2D eigenvalue weighted by Gasteiger charge is 2.32. The zero-order valence-corrected chi connectivity index (χ0v) is 11.6. The molecule has 100 valence electrons. The van der Waals surface area contributed by atoms with Gasteiger partial charge in [0, 0.05) is 12.0 Å². The summed E-state index contributed by atoms with van der Waals surface area (Å²) >= 11 is 0. The Kier molecular flexibility index (Phi) is 4.28. The molecular weight excluding hydrogens is 222 g/mol. The lowest BCUT2D eigenvalue weighted by Crippen LogP contribution is -2.37. The Labute approximate surface area is 111 Å². The van der Waals surface area contributed by atoms with Crippen molar-refractivity contribution >= 4 is 0 Å². The average molecular weight is 247 g/mol. The van der Waals surface area contributed by atoms with E-state index in [1.54, 1.807) is 0 Å². The van der Waals surface area contributed by atoms with Gasteiger partial charge in [0.05, 0.1) is 6.10 Å². The summed E-state index contributed by atoms with van der Waals surface area (Å²) in [5.74, 6) is 0.973. The molecule has 2 N–H and O–H groups in total. The first-order chi connectivity index (χ1) is 8.66. The van der Waals surface area contributed by atoms with Gasteiger partial charge in [-0.3, -0.25) is 0 Å². The summed E-state index contributed by atoms with van der Waals surface area (Å²) in [4.78, 5) is 0. The zero-order valence-electron chi connectivity index (χ0n) is 11.6. The number of nitrogens with two attached hydrogens (primary N) is 1. The lowest BCUT2D eigenvalue weighted by atomic mass is 9.69. The van der Waals surface area contributed by atoms with E-state index in [2.05, 4.69) is 32.0 Å². The summed E-state index contributed by atoms with van der Waals surface area (Å²) in [6, 6.07) is 8.54. The molecule has 1 aromatic rings. The van der Waals surface area contributed by atoms with Crippen molar-refractivity contribution in [2.24, 2.45) is 5.73 Å². The Morgan fingerprint density at radius 1 is 1.22 bits per heavy atom. The van der Waals surface area contributed by atoms with Gasteiger partial charge in [-0.15, -0.1) is 0 Å². The summed E-state index contributed by atoms with van der Waals surface area (Å²) in [6.45, 7) is 4.87. The van der Waals surface area contributed by atoms with Crippen molar-refractivity contribution in [3.05, 3.63) is 29.8 Å². The third-order valence-electron chi connectivity index (χ3n) is 4.02. The van der Waals surface area contributed by atoms with Crippen molar-refractivity contribution in [1.82, 2.24) is 0 Å². The molecule has 1 saturated carbocycles. The van der Waals surface area contributed by atoms with E-state index in [9.17, 15) is 0 Å². The van der Waals surface area contributed by atoms with Crippen molar-refractivity contribution in [2.75, 3.05) is 6.54 Å². The third kappa shape index (κ3) is 2.86. The monoisotopic (exact) mass is 247 g/mol. The van der Waals surface area contributed by atoms with Crippen LogP contribution in [-0.2, 0) is 5.41 Å². The minimum absolute atomic E-state index is 0.189. The lowest BCUT2D eigenvalue weighted by Gasteiger charge is -2.37. The Balaban J connectivity index is 2.25. The predicted molar refractivity (Wildman–Crippen MR) is 76.0 cm³/mol. The quantitative estimate of drug-likeness (QED) is 0.881. The molecule has 1 fully saturated rings. The predicted octanol–water partition coefficient (Wildman–Crippen LogP) is 3.63. The summed E-state index contributed by atoms with van der Waals surface area (Å²) in [5, 5.41) is 0. The minimum Gasteiger partial charge on any atom is -0.491 e. The van der Waals surface area contributed by atoms with Gasteiger partial charge >= 0.3 is 0 Å². The van der Waals surface area contributed by atoms with Gasteiger partial charge < -0.3 is 10.5 Å². The van der Waals surface area contributed by atoms with Crippen molar-refractivity contribution in [1.29, 1.82) is 0 Å². The van der Waals surface area contributed by atoms with Crippen LogP contribution >= 0.6 is 0 Å². The van der Waals surface area contributed by atoms with Crippen molar-refractivity contribution in [3.63, 3.8) is 0 Å². The standard InChI is InChI=1S/C16H25NO/c1-13(2)18-15-8-6-7-14(11-15)16(12-17)9-4-3-5-10-16/h6-8,11,13H,3-5,9-10,12,17H2,1-2H3. The van der Waals surface area contributed by atoms with Gasteiger partial charge in [0.2, 0.25) is 0 Å². The lowest BCUT2D eigenvalue weighted by molar-refractivity contribution is 0.240. The van der Waals surface area contributed by atoms with Crippen LogP contribution in [0.5, 0.6) is 5.75 Å². The molecule has 1 aromatic carbocycles. The highest BCUT2D eigenvalue weighted by Crippen LogP contribution is 2.39. The molecular formula is C16H25NO. The van der Waals surface area contributed by atoms with Crippen LogP contribution in [0.1, 0.15) is 51.5 Å². The second kappa shape index (κ2) is 5.75. The van der Waals surface area contributed by atoms with E-state index >= 15 is 0 Å². The normalized spacial score (nSPS) is 18.9. The van der Waals surface area contributed by atoms with E-state index in [1.807, 2.05) is 6.07 Å². The molecule has 2 nitrogen and oxygen atoms in total. The van der Waals surface area contributed by atoms with Crippen LogP contribution in [0.25, 0.3) is 0 Å². The fraction of sp³-hybridized carbons (Fsp3) is 0.625. The van der Waals surface area contributed by atoms with Crippen LogP contribution in [0.4, 0.5) is 0 Å². The summed E-state index contributed by atoms with van der Waals surface area (Å²) in [5.41, 5.74) is 7.63. The van der Waals surface area contributed by atoms with E-state index in [0.717, 1.165) is 12.3 Å². The van der Waals surface area contributed by atoms with Gasteiger partial charge in [-0.25, -0.2) is 0 Å². The van der Waals surface area contributed by atoms with Crippen LogP contribution in [0.2, 0.25) is 0 Å².